The molecule has 1 aliphatic rings. The summed E-state index contributed by atoms with van der Waals surface area (Å²) in [6, 6.07) is 9.10. The molecule has 2 N–H and O–H groups in total. The molecule has 0 aromatic heterocycles. The molecule has 1 fully saturated rings. The summed E-state index contributed by atoms with van der Waals surface area (Å²) in [5, 5.41) is 7.75. The Kier molecular flexibility index (Phi) is 10.8. The topological polar surface area (TPSA) is 45.6 Å². The van der Waals surface area contributed by atoms with E-state index in [-0.39, 0.29) is 24.0 Å². The lowest BCUT2D eigenvalue weighted by molar-refractivity contribution is 0.134. The second kappa shape index (κ2) is 12.0. The molecular weight excluding hydrogens is 433 g/mol. The quantitative estimate of drug-likeness (QED) is 0.367. The van der Waals surface area contributed by atoms with Gasteiger partial charge in [-0.2, -0.15) is 11.8 Å². The molecule has 0 aliphatic heterocycles. The van der Waals surface area contributed by atoms with Gasteiger partial charge in [-0.05, 0) is 43.6 Å². The number of hydrogen-bond donors (Lipinski definition) is 2. The molecule has 4 nitrogen and oxygen atoms in total. The van der Waals surface area contributed by atoms with Crippen molar-refractivity contribution in [2.24, 2.45) is 4.99 Å². The average molecular weight is 463 g/mol. The highest BCUT2D eigenvalue weighted by atomic mass is 127. The fourth-order valence-electron chi connectivity index (χ4n) is 2.83. The van der Waals surface area contributed by atoms with Crippen molar-refractivity contribution in [1.29, 1.82) is 0 Å². The van der Waals surface area contributed by atoms with Crippen molar-refractivity contribution in [2.45, 2.75) is 50.6 Å². The van der Waals surface area contributed by atoms with Gasteiger partial charge in [0, 0.05) is 31.5 Å². The van der Waals surface area contributed by atoms with Gasteiger partial charge < -0.3 is 15.4 Å². The Hall–Kier alpha value is -0.470. The van der Waals surface area contributed by atoms with Crippen LogP contribution in [0.15, 0.2) is 29.3 Å². The standard InChI is InChI=1S/C18H29N3OS.HI/c1-4-22-13-15-7-5-14(6-8-15)12-20-18(19-2)21-16-9-10-17(11-16)23-3;/h5-8,16-17H,4,9-13H2,1-3H3,(H2,19,20,21);1H. The molecule has 0 saturated heterocycles. The molecule has 1 saturated carbocycles. The molecule has 1 aromatic rings. The number of guanidine groups is 1. The number of benzene rings is 1. The summed E-state index contributed by atoms with van der Waals surface area (Å²) in [7, 11) is 1.83. The van der Waals surface area contributed by atoms with Crippen molar-refractivity contribution in [1.82, 2.24) is 10.6 Å². The average Bonchev–Trinajstić information content (AvgIpc) is 3.05. The van der Waals surface area contributed by atoms with E-state index >= 15 is 0 Å². The van der Waals surface area contributed by atoms with Gasteiger partial charge in [-0.1, -0.05) is 24.3 Å². The number of thioether (sulfide) groups is 1. The maximum Gasteiger partial charge on any atom is 0.191 e. The molecule has 1 aliphatic carbocycles. The summed E-state index contributed by atoms with van der Waals surface area (Å²) in [6.45, 7) is 4.24. The van der Waals surface area contributed by atoms with Crippen molar-refractivity contribution in [3.8, 4) is 0 Å². The molecule has 24 heavy (non-hydrogen) atoms. The molecular formula is C18H30IN3OS. The zero-order valence-electron chi connectivity index (χ0n) is 14.9. The van der Waals surface area contributed by atoms with Crippen molar-refractivity contribution in [2.75, 3.05) is 19.9 Å². The monoisotopic (exact) mass is 463 g/mol. The van der Waals surface area contributed by atoms with Crippen LogP contribution in [0.25, 0.3) is 0 Å². The fraction of sp³-hybridized carbons (Fsp3) is 0.611. The Balaban J connectivity index is 0.00000288. The van der Waals surface area contributed by atoms with Gasteiger partial charge in [-0.3, -0.25) is 4.99 Å². The van der Waals surface area contributed by atoms with E-state index < -0.39 is 0 Å². The number of halogens is 1. The molecule has 1 aromatic carbocycles. The maximum absolute atomic E-state index is 5.42. The number of aliphatic imine (C=N–C) groups is 1. The third-order valence-electron chi connectivity index (χ3n) is 4.24. The van der Waals surface area contributed by atoms with Gasteiger partial charge in [-0.15, -0.1) is 24.0 Å². The maximum atomic E-state index is 5.42. The molecule has 2 atom stereocenters. The summed E-state index contributed by atoms with van der Waals surface area (Å²) in [5.74, 6) is 0.898. The first kappa shape index (κ1) is 21.6. The van der Waals surface area contributed by atoms with E-state index in [1.54, 1.807) is 0 Å². The minimum atomic E-state index is 0. The summed E-state index contributed by atoms with van der Waals surface area (Å²) < 4.78 is 5.42. The minimum absolute atomic E-state index is 0. The highest BCUT2D eigenvalue weighted by Crippen LogP contribution is 2.27. The molecule has 6 heteroatoms. The summed E-state index contributed by atoms with van der Waals surface area (Å²) in [4.78, 5) is 4.34. The SMILES string of the molecule is CCOCc1ccc(CNC(=NC)NC2CCC(SC)C2)cc1.I. The van der Waals surface area contributed by atoms with E-state index in [0.717, 1.165) is 24.4 Å². The minimum Gasteiger partial charge on any atom is -0.377 e. The van der Waals surface area contributed by atoms with Crippen molar-refractivity contribution >= 4 is 41.7 Å². The van der Waals surface area contributed by atoms with E-state index in [4.69, 9.17) is 4.74 Å². The van der Waals surface area contributed by atoms with E-state index in [1.165, 1.54) is 30.4 Å². The zero-order chi connectivity index (χ0) is 16.5. The Morgan fingerprint density at radius 3 is 2.54 bits per heavy atom. The number of nitrogens with zero attached hydrogens (tertiary/aromatic N) is 1. The molecule has 2 unspecified atom stereocenters. The molecule has 0 amide bonds. The molecule has 2 rings (SSSR count). The van der Waals surface area contributed by atoms with Crippen LogP contribution in [0.1, 0.15) is 37.3 Å². The highest BCUT2D eigenvalue weighted by Gasteiger charge is 2.24. The van der Waals surface area contributed by atoms with Gasteiger partial charge in [0.15, 0.2) is 5.96 Å². The van der Waals surface area contributed by atoms with Crippen LogP contribution in [0.2, 0.25) is 0 Å². The Morgan fingerprint density at radius 2 is 1.96 bits per heavy atom. The lowest BCUT2D eigenvalue weighted by atomic mass is 10.1. The van der Waals surface area contributed by atoms with Gasteiger partial charge in [0.1, 0.15) is 0 Å². The van der Waals surface area contributed by atoms with Crippen LogP contribution in [0, 0.1) is 0 Å². The third kappa shape index (κ3) is 7.19. The van der Waals surface area contributed by atoms with E-state index in [2.05, 4.69) is 46.1 Å². The van der Waals surface area contributed by atoms with Crippen molar-refractivity contribution in [3.63, 3.8) is 0 Å². The third-order valence-corrected chi connectivity index (χ3v) is 5.33. The number of ether oxygens (including phenoxy) is 1. The zero-order valence-corrected chi connectivity index (χ0v) is 18.0. The fourth-order valence-corrected chi connectivity index (χ4v) is 3.63. The predicted octanol–water partition coefficient (Wildman–Crippen LogP) is 3.79. The van der Waals surface area contributed by atoms with Crippen molar-refractivity contribution in [3.05, 3.63) is 35.4 Å². The second-order valence-corrected chi connectivity index (χ2v) is 7.03. The first-order valence-electron chi connectivity index (χ1n) is 8.40. The van der Waals surface area contributed by atoms with Crippen LogP contribution in [0.4, 0.5) is 0 Å². The molecule has 136 valence electrons. The van der Waals surface area contributed by atoms with E-state index in [1.807, 2.05) is 25.7 Å². The Morgan fingerprint density at radius 1 is 1.25 bits per heavy atom. The van der Waals surface area contributed by atoms with Crippen LogP contribution in [0.5, 0.6) is 0 Å². The molecule has 0 radical (unpaired) electrons. The molecule has 0 bridgehead atoms. The highest BCUT2D eigenvalue weighted by molar-refractivity contribution is 14.0. The van der Waals surface area contributed by atoms with Gasteiger partial charge in [0.05, 0.1) is 6.61 Å². The summed E-state index contributed by atoms with van der Waals surface area (Å²) in [6.07, 6.45) is 5.97. The van der Waals surface area contributed by atoms with Gasteiger partial charge in [-0.25, -0.2) is 0 Å². The van der Waals surface area contributed by atoms with Crippen LogP contribution in [-0.2, 0) is 17.9 Å². The first-order chi connectivity index (χ1) is 11.2. The van der Waals surface area contributed by atoms with Crippen LogP contribution >= 0.6 is 35.7 Å². The summed E-state index contributed by atoms with van der Waals surface area (Å²) in [5.41, 5.74) is 2.47. The largest absolute Gasteiger partial charge is 0.377 e. The lowest BCUT2D eigenvalue weighted by Gasteiger charge is -2.17. The number of rotatable bonds is 7. The van der Waals surface area contributed by atoms with Gasteiger partial charge >= 0.3 is 0 Å². The predicted molar refractivity (Wildman–Crippen MR) is 115 cm³/mol. The summed E-state index contributed by atoms with van der Waals surface area (Å²) >= 11 is 1.98. The van der Waals surface area contributed by atoms with Crippen molar-refractivity contribution < 1.29 is 4.74 Å². The smallest absolute Gasteiger partial charge is 0.191 e. The number of nitrogens with one attached hydrogen (secondary N) is 2. The molecule has 0 spiro atoms. The number of hydrogen-bond acceptors (Lipinski definition) is 3. The van der Waals surface area contributed by atoms with Crippen LogP contribution in [-0.4, -0.2) is 37.2 Å². The normalized spacial score (nSPS) is 20.5. The van der Waals surface area contributed by atoms with Gasteiger partial charge in [0.2, 0.25) is 0 Å². The Labute approximate surface area is 167 Å². The van der Waals surface area contributed by atoms with E-state index in [9.17, 15) is 0 Å². The lowest BCUT2D eigenvalue weighted by Crippen LogP contribution is -2.42. The van der Waals surface area contributed by atoms with Crippen LogP contribution < -0.4 is 10.6 Å². The molecule has 0 heterocycles. The van der Waals surface area contributed by atoms with Gasteiger partial charge in [0.25, 0.3) is 0 Å². The second-order valence-electron chi connectivity index (χ2n) is 5.89. The first-order valence-corrected chi connectivity index (χ1v) is 9.69. The Bertz CT molecular complexity index is 496. The van der Waals surface area contributed by atoms with E-state index in [0.29, 0.717) is 12.6 Å². The van der Waals surface area contributed by atoms with Crippen LogP contribution in [0.3, 0.4) is 0 Å².